The van der Waals surface area contributed by atoms with Crippen LogP contribution in [-0.4, -0.2) is 16.1 Å². The number of amides is 1. The Labute approximate surface area is 136 Å². The second kappa shape index (κ2) is 6.71. The maximum atomic E-state index is 12.9. The Morgan fingerprint density at radius 2 is 1.83 bits per heavy atom. The standard InChI is InChI=1S/C17H11FN4O2/c18-14-7-3-11(4-8-14)9-15-21-22-17(24-15)20-16(23)13-5-1-12(10-19)2-6-13/h1-8H,9H2,(H,20,22,23). The molecule has 0 aliphatic heterocycles. The molecule has 0 spiro atoms. The van der Waals surface area contributed by atoms with Gasteiger partial charge in [-0.3, -0.25) is 10.1 Å². The average molecular weight is 322 g/mol. The molecule has 0 saturated carbocycles. The van der Waals surface area contributed by atoms with Gasteiger partial charge in [0.05, 0.1) is 18.1 Å². The van der Waals surface area contributed by atoms with E-state index in [-0.39, 0.29) is 11.8 Å². The number of hydrogen-bond acceptors (Lipinski definition) is 5. The fourth-order valence-corrected chi connectivity index (χ4v) is 2.02. The normalized spacial score (nSPS) is 10.2. The summed E-state index contributed by atoms with van der Waals surface area (Å²) in [6.07, 6.45) is 0.333. The van der Waals surface area contributed by atoms with Gasteiger partial charge >= 0.3 is 6.01 Å². The summed E-state index contributed by atoms with van der Waals surface area (Å²) >= 11 is 0. The van der Waals surface area contributed by atoms with Crippen molar-refractivity contribution in [2.75, 3.05) is 5.32 Å². The predicted octanol–water partition coefficient (Wildman–Crippen LogP) is 2.92. The molecule has 0 atom stereocenters. The van der Waals surface area contributed by atoms with E-state index >= 15 is 0 Å². The quantitative estimate of drug-likeness (QED) is 0.797. The lowest BCUT2D eigenvalue weighted by Crippen LogP contribution is -2.12. The summed E-state index contributed by atoms with van der Waals surface area (Å²) in [7, 11) is 0. The second-order valence-electron chi connectivity index (χ2n) is 4.95. The van der Waals surface area contributed by atoms with Gasteiger partial charge in [-0.05, 0) is 42.0 Å². The molecule has 6 nitrogen and oxygen atoms in total. The van der Waals surface area contributed by atoms with Gasteiger partial charge in [-0.1, -0.05) is 17.2 Å². The first-order valence-corrected chi connectivity index (χ1v) is 7.02. The molecule has 0 unspecified atom stereocenters. The number of anilines is 1. The number of aromatic nitrogens is 2. The third-order valence-corrected chi connectivity index (χ3v) is 3.23. The van der Waals surface area contributed by atoms with Crippen LogP contribution in [0.2, 0.25) is 0 Å². The Morgan fingerprint density at radius 3 is 2.50 bits per heavy atom. The average Bonchev–Trinajstić information content (AvgIpc) is 3.04. The Bertz CT molecular complexity index is 896. The summed E-state index contributed by atoms with van der Waals surface area (Å²) in [6.45, 7) is 0. The first-order chi connectivity index (χ1) is 11.6. The lowest BCUT2D eigenvalue weighted by Gasteiger charge is -2.00. The number of nitriles is 1. The van der Waals surface area contributed by atoms with E-state index in [2.05, 4.69) is 15.5 Å². The molecular formula is C17H11FN4O2. The van der Waals surface area contributed by atoms with Crippen LogP contribution in [0.4, 0.5) is 10.4 Å². The molecule has 0 fully saturated rings. The molecule has 3 rings (SSSR count). The molecule has 0 aliphatic rings. The van der Waals surface area contributed by atoms with Crippen molar-refractivity contribution in [1.29, 1.82) is 5.26 Å². The van der Waals surface area contributed by atoms with Crippen LogP contribution in [-0.2, 0) is 6.42 Å². The lowest BCUT2D eigenvalue weighted by atomic mass is 10.1. The van der Waals surface area contributed by atoms with Gasteiger partial charge < -0.3 is 4.42 Å². The van der Waals surface area contributed by atoms with Crippen molar-refractivity contribution in [3.8, 4) is 6.07 Å². The van der Waals surface area contributed by atoms with Crippen molar-refractivity contribution in [1.82, 2.24) is 10.2 Å². The Kier molecular flexibility index (Phi) is 4.29. The molecular weight excluding hydrogens is 311 g/mol. The van der Waals surface area contributed by atoms with E-state index in [1.807, 2.05) is 6.07 Å². The van der Waals surface area contributed by atoms with Crippen LogP contribution in [0.5, 0.6) is 0 Å². The van der Waals surface area contributed by atoms with Crippen LogP contribution in [0.15, 0.2) is 52.9 Å². The first-order valence-electron chi connectivity index (χ1n) is 7.02. The molecule has 1 N–H and O–H groups in total. The van der Waals surface area contributed by atoms with Crippen LogP contribution in [0.1, 0.15) is 27.4 Å². The fraction of sp³-hybridized carbons (Fsp3) is 0.0588. The first kappa shape index (κ1) is 15.4. The molecule has 24 heavy (non-hydrogen) atoms. The fourth-order valence-electron chi connectivity index (χ4n) is 2.02. The molecule has 118 valence electrons. The van der Waals surface area contributed by atoms with Gasteiger partial charge in [-0.2, -0.15) is 5.26 Å². The summed E-state index contributed by atoms with van der Waals surface area (Å²) in [6, 6.07) is 14.0. The van der Waals surface area contributed by atoms with E-state index in [0.717, 1.165) is 5.56 Å². The minimum absolute atomic E-state index is 0.0264. The summed E-state index contributed by atoms with van der Waals surface area (Å²) in [5.41, 5.74) is 1.64. The van der Waals surface area contributed by atoms with Crippen molar-refractivity contribution >= 4 is 11.9 Å². The van der Waals surface area contributed by atoms with Crippen LogP contribution >= 0.6 is 0 Å². The van der Waals surface area contributed by atoms with Crippen molar-refractivity contribution in [2.45, 2.75) is 6.42 Å². The number of halogens is 1. The number of nitrogens with zero attached hydrogens (tertiary/aromatic N) is 3. The number of carbonyl (C=O) groups excluding carboxylic acids is 1. The molecule has 1 aromatic heterocycles. The highest BCUT2D eigenvalue weighted by atomic mass is 19.1. The van der Waals surface area contributed by atoms with Crippen LogP contribution in [0.25, 0.3) is 0 Å². The van der Waals surface area contributed by atoms with Crippen molar-refractivity contribution < 1.29 is 13.6 Å². The summed E-state index contributed by atoms with van der Waals surface area (Å²) in [4.78, 5) is 12.1. The number of hydrogen-bond donors (Lipinski definition) is 1. The van der Waals surface area contributed by atoms with Crippen LogP contribution in [0.3, 0.4) is 0 Å². The molecule has 0 saturated heterocycles. The maximum Gasteiger partial charge on any atom is 0.322 e. The summed E-state index contributed by atoms with van der Waals surface area (Å²) in [5.74, 6) is -0.437. The van der Waals surface area contributed by atoms with Gasteiger partial charge in [0.1, 0.15) is 5.82 Å². The van der Waals surface area contributed by atoms with E-state index < -0.39 is 5.91 Å². The molecule has 0 bridgehead atoms. The molecule has 2 aromatic carbocycles. The highest BCUT2D eigenvalue weighted by Crippen LogP contribution is 2.13. The van der Waals surface area contributed by atoms with Gasteiger partial charge in [-0.25, -0.2) is 4.39 Å². The van der Waals surface area contributed by atoms with E-state index in [9.17, 15) is 9.18 Å². The number of rotatable bonds is 4. The van der Waals surface area contributed by atoms with Crippen LogP contribution < -0.4 is 5.32 Å². The van der Waals surface area contributed by atoms with Gasteiger partial charge in [-0.15, -0.1) is 5.10 Å². The van der Waals surface area contributed by atoms with E-state index in [1.165, 1.54) is 24.3 Å². The predicted molar refractivity (Wildman–Crippen MR) is 82.6 cm³/mol. The van der Waals surface area contributed by atoms with Gasteiger partial charge in [0.25, 0.3) is 5.91 Å². The van der Waals surface area contributed by atoms with E-state index in [0.29, 0.717) is 23.4 Å². The zero-order chi connectivity index (χ0) is 16.9. The van der Waals surface area contributed by atoms with Gasteiger partial charge in [0, 0.05) is 5.56 Å². The van der Waals surface area contributed by atoms with E-state index in [4.69, 9.17) is 9.68 Å². The van der Waals surface area contributed by atoms with E-state index in [1.54, 1.807) is 24.3 Å². The summed E-state index contributed by atoms with van der Waals surface area (Å²) < 4.78 is 18.2. The highest BCUT2D eigenvalue weighted by Gasteiger charge is 2.12. The largest absolute Gasteiger partial charge is 0.407 e. The van der Waals surface area contributed by atoms with Gasteiger partial charge in [0.15, 0.2) is 0 Å². The monoisotopic (exact) mass is 322 g/mol. The number of nitrogens with one attached hydrogen (secondary N) is 1. The zero-order valence-electron chi connectivity index (χ0n) is 12.4. The molecule has 3 aromatic rings. The topological polar surface area (TPSA) is 91.8 Å². The third-order valence-electron chi connectivity index (χ3n) is 3.23. The molecule has 7 heteroatoms. The maximum absolute atomic E-state index is 12.9. The SMILES string of the molecule is N#Cc1ccc(C(=O)Nc2nnc(Cc3ccc(F)cc3)o2)cc1. The molecule has 1 heterocycles. The van der Waals surface area contributed by atoms with Crippen LogP contribution in [0, 0.1) is 17.1 Å². The van der Waals surface area contributed by atoms with Crippen molar-refractivity contribution in [2.24, 2.45) is 0 Å². The number of benzene rings is 2. The Balaban J connectivity index is 1.65. The molecule has 0 aliphatic carbocycles. The third kappa shape index (κ3) is 3.62. The Morgan fingerprint density at radius 1 is 1.12 bits per heavy atom. The summed E-state index contributed by atoms with van der Waals surface area (Å²) in [5, 5.41) is 18.8. The van der Waals surface area contributed by atoms with Crippen molar-refractivity contribution in [3.05, 3.63) is 76.9 Å². The molecule has 1 amide bonds. The van der Waals surface area contributed by atoms with Gasteiger partial charge in [0.2, 0.25) is 5.89 Å². The zero-order valence-corrected chi connectivity index (χ0v) is 12.4. The molecule has 0 radical (unpaired) electrons. The number of carbonyl (C=O) groups is 1. The smallest absolute Gasteiger partial charge is 0.322 e. The Hall–Kier alpha value is -3.53. The minimum Gasteiger partial charge on any atom is -0.407 e. The van der Waals surface area contributed by atoms with Crippen molar-refractivity contribution in [3.63, 3.8) is 0 Å². The highest BCUT2D eigenvalue weighted by molar-refractivity contribution is 6.03. The minimum atomic E-state index is -0.420. The lowest BCUT2D eigenvalue weighted by molar-refractivity contribution is 0.102. The second-order valence-corrected chi connectivity index (χ2v) is 4.95.